The Labute approximate surface area is 89.3 Å². The number of allylic oxidation sites excluding steroid dienone is 1. The van der Waals surface area contributed by atoms with E-state index in [0.717, 1.165) is 10.5 Å². The molecule has 0 saturated carbocycles. The van der Waals surface area contributed by atoms with Crippen molar-refractivity contribution < 1.29 is 0 Å². The van der Waals surface area contributed by atoms with E-state index in [1.54, 1.807) is 0 Å². The van der Waals surface area contributed by atoms with Crippen molar-refractivity contribution in [2.75, 3.05) is 13.3 Å². The number of hydrogen-bond acceptors (Lipinski definition) is 4. The standard InChI is InChI=1S/C8H15N3S2/c1-6(2)7(12)8(10-5-9)11(3)13-4/h5,12H,1H2,2-4H3,(H2,9,10)/b8-7-. The van der Waals surface area contributed by atoms with Crippen molar-refractivity contribution in [3.63, 3.8) is 0 Å². The highest BCUT2D eigenvalue weighted by Gasteiger charge is 2.07. The average Bonchev–Trinajstić information content (AvgIpc) is 2.11. The Morgan fingerprint density at radius 3 is 2.54 bits per heavy atom. The molecule has 0 aliphatic rings. The lowest BCUT2D eigenvalue weighted by Crippen LogP contribution is -2.09. The summed E-state index contributed by atoms with van der Waals surface area (Å²) >= 11 is 5.84. The van der Waals surface area contributed by atoms with Gasteiger partial charge in [-0.2, -0.15) is 0 Å². The maximum absolute atomic E-state index is 5.23. The minimum absolute atomic E-state index is 0.714. The van der Waals surface area contributed by atoms with Crippen LogP contribution in [-0.2, 0) is 0 Å². The van der Waals surface area contributed by atoms with Crippen LogP contribution in [-0.4, -0.2) is 23.9 Å². The van der Waals surface area contributed by atoms with Gasteiger partial charge >= 0.3 is 0 Å². The lowest BCUT2D eigenvalue weighted by molar-refractivity contribution is 0.692. The minimum Gasteiger partial charge on any atom is -0.390 e. The number of hydrogen-bond donors (Lipinski definition) is 2. The van der Waals surface area contributed by atoms with E-state index in [0.29, 0.717) is 5.82 Å². The van der Waals surface area contributed by atoms with E-state index in [4.69, 9.17) is 5.73 Å². The lowest BCUT2D eigenvalue weighted by atomic mass is 10.3. The van der Waals surface area contributed by atoms with Gasteiger partial charge in [-0.1, -0.05) is 18.5 Å². The van der Waals surface area contributed by atoms with Gasteiger partial charge in [0.05, 0.1) is 11.2 Å². The summed E-state index contributed by atoms with van der Waals surface area (Å²) in [7, 11) is 1.90. The van der Waals surface area contributed by atoms with Crippen LogP contribution in [0.2, 0.25) is 0 Å². The zero-order valence-electron chi connectivity index (χ0n) is 8.11. The SMILES string of the molecule is C=C(C)/C(S)=C(\N=CN)N(C)SC. The molecule has 0 atom stereocenters. The summed E-state index contributed by atoms with van der Waals surface area (Å²) in [6.45, 7) is 5.67. The maximum atomic E-state index is 5.23. The molecule has 0 radical (unpaired) electrons. The van der Waals surface area contributed by atoms with Gasteiger partial charge in [-0.3, -0.25) is 0 Å². The monoisotopic (exact) mass is 217 g/mol. The summed E-state index contributed by atoms with van der Waals surface area (Å²) in [5, 5.41) is 0. The molecule has 0 amide bonds. The molecule has 2 N–H and O–H groups in total. The fourth-order valence-electron chi connectivity index (χ4n) is 0.640. The summed E-state index contributed by atoms with van der Waals surface area (Å²) < 4.78 is 1.88. The Hall–Kier alpha value is -0.550. The van der Waals surface area contributed by atoms with E-state index in [1.165, 1.54) is 18.3 Å². The van der Waals surface area contributed by atoms with Gasteiger partial charge in [0, 0.05) is 13.3 Å². The molecule has 0 bridgehead atoms. The molecule has 0 fully saturated rings. The number of aliphatic imine (C=N–C) groups is 1. The van der Waals surface area contributed by atoms with Crippen LogP contribution in [0.15, 0.2) is 27.9 Å². The number of thiol groups is 1. The molecule has 0 spiro atoms. The number of rotatable bonds is 4. The van der Waals surface area contributed by atoms with Crippen molar-refractivity contribution >= 4 is 30.9 Å². The fraction of sp³-hybridized carbons (Fsp3) is 0.375. The molecule has 0 aromatic carbocycles. The average molecular weight is 217 g/mol. The van der Waals surface area contributed by atoms with Crippen LogP contribution >= 0.6 is 24.6 Å². The predicted octanol–water partition coefficient (Wildman–Crippen LogP) is 1.86. The molecule has 0 aliphatic carbocycles. The Balaban J connectivity index is 4.98. The number of nitrogens with zero attached hydrogens (tertiary/aromatic N) is 2. The summed E-state index contributed by atoms with van der Waals surface area (Å²) in [5.74, 6) is 0.714. The Morgan fingerprint density at radius 1 is 1.69 bits per heavy atom. The highest BCUT2D eigenvalue weighted by molar-refractivity contribution is 7.96. The zero-order valence-corrected chi connectivity index (χ0v) is 9.82. The van der Waals surface area contributed by atoms with Crippen molar-refractivity contribution in [3.05, 3.63) is 22.9 Å². The maximum Gasteiger partial charge on any atom is 0.153 e. The largest absolute Gasteiger partial charge is 0.390 e. The van der Waals surface area contributed by atoms with Crippen molar-refractivity contribution in [3.8, 4) is 0 Å². The zero-order chi connectivity index (χ0) is 10.4. The van der Waals surface area contributed by atoms with Gasteiger partial charge in [-0.15, -0.1) is 12.6 Å². The second-order valence-electron chi connectivity index (χ2n) is 2.41. The molecule has 5 heteroatoms. The van der Waals surface area contributed by atoms with Gasteiger partial charge < -0.3 is 10.0 Å². The first-order valence-electron chi connectivity index (χ1n) is 3.65. The van der Waals surface area contributed by atoms with Gasteiger partial charge in [-0.05, 0) is 12.5 Å². The summed E-state index contributed by atoms with van der Waals surface area (Å²) in [4.78, 5) is 4.77. The van der Waals surface area contributed by atoms with Crippen LogP contribution in [0.5, 0.6) is 0 Å². The molecular weight excluding hydrogens is 202 g/mol. The summed E-state index contributed by atoms with van der Waals surface area (Å²) in [5.41, 5.74) is 6.10. The van der Waals surface area contributed by atoms with E-state index in [-0.39, 0.29) is 0 Å². The summed E-state index contributed by atoms with van der Waals surface area (Å²) in [6.07, 6.45) is 3.20. The van der Waals surface area contributed by atoms with Crippen LogP contribution < -0.4 is 5.73 Å². The van der Waals surface area contributed by atoms with E-state index < -0.39 is 0 Å². The van der Waals surface area contributed by atoms with Crippen molar-refractivity contribution in [2.45, 2.75) is 6.92 Å². The third kappa shape index (κ3) is 3.78. The molecule has 0 aromatic heterocycles. The first-order chi connectivity index (χ1) is 6.04. The highest BCUT2D eigenvalue weighted by atomic mass is 32.2. The first kappa shape index (κ1) is 12.4. The lowest BCUT2D eigenvalue weighted by Gasteiger charge is -2.17. The Morgan fingerprint density at radius 2 is 2.23 bits per heavy atom. The van der Waals surface area contributed by atoms with Crippen LogP contribution in [0.1, 0.15) is 6.92 Å². The Kier molecular flexibility index (Phi) is 5.73. The first-order valence-corrected chi connectivity index (χ1v) is 5.28. The van der Waals surface area contributed by atoms with Gasteiger partial charge in [0.15, 0.2) is 5.82 Å². The van der Waals surface area contributed by atoms with Crippen LogP contribution in [0.25, 0.3) is 0 Å². The van der Waals surface area contributed by atoms with Gasteiger partial charge in [0.1, 0.15) is 0 Å². The molecule has 0 aliphatic heterocycles. The molecule has 74 valence electrons. The molecular formula is C8H15N3S2. The van der Waals surface area contributed by atoms with E-state index in [9.17, 15) is 0 Å². The Bertz CT molecular complexity index is 246. The summed E-state index contributed by atoms with van der Waals surface area (Å²) in [6, 6.07) is 0. The van der Waals surface area contributed by atoms with Crippen LogP contribution in [0.4, 0.5) is 0 Å². The van der Waals surface area contributed by atoms with Gasteiger partial charge in [0.25, 0.3) is 0 Å². The van der Waals surface area contributed by atoms with E-state index >= 15 is 0 Å². The normalized spacial score (nSPS) is 12.9. The fourth-order valence-corrected chi connectivity index (χ4v) is 1.23. The molecule has 0 saturated heterocycles. The third-order valence-electron chi connectivity index (χ3n) is 1.39. The molecule has 0 aromatic rings. The highest BCUT2D eigenvalue weighted by Crippen LogP contribution is 2.23. The van der Waals surface area contributed by atoms with Gasteiger partial charge in [0.2, 0.25) is 0 Å². The van der Waals surface area contributed by atoms with Gasteiger partial charge in [-0.25, -0.2) is 4.99 Å². The quantitative estimate of drug-likeness (QED) is 0.248. The van der Waals surface area contributed by atoms with Crippen LogP contribution in [0.3, 0.4) is 0 Å². The van der Waals surface area contributed by atoms with E-state index in [1.807, 2.05) is 24.5 Å². The van der Waals surface area contributed by atoms with Crippen molar-refractivity contribution in [1.29, 1.82) is 0 Å². The molecule has 3 nitrogen and oxygen atoms in total. The predicted molar refractivity (Wildman–Crippen MR) is 64.8 cm³/mol. The van der Waals surface area contributed by atoms with Crippen molar-refractivity contribution in [2.24, 2.45) is 10.7 Å². The topological polar surface area (TPSA) is 41.6 Å². The molecule has 0 unspecified atom stereocenters. The second-order valence-corrected chi connectivity index (χ2v) is 3.77. The minimum atomic E-state index is 0.714. The smallest absolute Gasteiger partial charge is 0.153 e. The van der Waals surface area contributed by atoms with Crippen LogP contribution in [0, 0.1) is 0 Å². The number of nitrogens with two attached hydrogens (primary N) is 1. The molecule has 0 rings (SSSR count). The second kappa shape index (κ2) is 5.99. The molecule has 13 heavy (non-hydrogen) atoms. The third-order valence-corrected chi connectivity index (χ3v) is 2.69. The van der Waals surface area contributed by atoms with E-state index in [2.05, 4.69) is 24.2 Å². The van der Waals surface area contributed by atoms with Crippen molar-refractivity contribution in [1.82, 2.24) is 4.31 Å². The molecule has 0 heterocycles.